The molecular weight excluding hydrogens is 378 g/mol. The lowest BCUT2D eigenvalue weighted by Crippen LogP contribution is -2.43. The summed E-state index contributed by atoms with van der Waals surface area (Å²) in [4.78, 5) is 17.0. The van der Waals surface area contributed by atoms with Crippen LogP contribution in [-0.2, 0) is 0 Å². The van der Waals surface area contributed by atoms with Crippen LogP contribution in [0.1, 0.15) is 48.2 Å². The van der Waals surface area contributed by atoms with Crippen molar-refractivity contribution in [2.24, 2.45) is 5.73 Å². The van der Waals surface area contributed by atoms with E-state index in [9.17, 15) is 13.6 Å². The Balaban J connectivity index is 1.58. The number of hydrogen-bond donors (Lipinski definition) is 3. The fraction of sp³-hybridized carbons (Fsp3) is 0.350. The van der Waals surface area contributed by atoms with Crippen molar-refractivity contribution in [3.8, 4) is 0 Å². The number of halogens is 2. The third-order valence-corrected chi connectivity index (χ3v) is 5.21. The second kappa shape index (κ2) is 8.12. The molecule has 9 heteroatoms. The molecule has 0 saturated heterocycles. The monoisotopic (exact) mass is 400 g/mol. The van der Waals surface area contributed by atoms with Gasteiger partial charge in [-0.05, 0) is 31.0 Å². The summed E-state index contributed by atoms with van der Waals surface area (Å²) in [6.45, 7) is 0. The maximum Gasteiger partial charge on any atom is 0.274 e. The predicted molar refractivity (Wildman–Crippen MR) is 106 cm³/mol. The smallest absolute Gasteiger partial charge is 0.274 e. The first-order valence-electron chi connectivity index (χ1n) is 9.58. The van der Waals surface area contributed by atoms with Gasteiger partial charge < -0.3 is 16.4 Å². The molecule has 1 saturated carbocycles. The summed E-state index contributed by atoms with van der Waals surface area (Å²) in [7, 11) is 0. The molecule has 7 nitrogen and oxygen atoms in total. The Morgan fingerprint density at radius 2 is 1.97 bits per heavy atom. The van der Waals surface area contributed by atoms with Crippen LogP contribution < -0.4 is 16.4 Å². The molecular formula is C20H22F2N6O. The van der Waals surface area contributed by atoms with Crippen molar-refractivity contribution in [3.63, 3.8) is 0 Å². The standard InChI is InChI=1S/C20H22F2N6O/c21-18(22)13-5-1-3-7-15(13)25-19(29)17-10-9-12-11-24-20(27-28(12)17)26-16-8-4-2-6-14(16)23/h1,3,5,7,9-11,14,16,18H,2,4,6,8,23H2,(H,25,29)(H,26,27)/t14-,16+/m0/s1. The first kappa shape index (κ1) is 19.3. The number of carbonyl (C=O) groups excluding carboxylic acids is 1. The van der Waals surface area contributed by atoms with Crippen molar-refractivity contribution in [1.29, 1.82) is 0 Å². The van der Waals surface area contributed by atoms with E-state index in [1.165, 1.54) is 22.7 Å². The third-order valence-electron chi connectivity index (χ3n) is 5.21. The van der Waals surface area contributed by atoms with Gasteiger partial charge in [-0.3, -0.25) is 4.79 Å². The molecule has 3 aromatic rings. The Kier molecular flexibility index (Phi) is 5.39. The number of hydrogen-bond acceptors (Lipinski definition) is 5. The minimum absolute atomic E-state index is 0.0290. The fourth-order valence-electron chi connectivity index (χ4n) is 3.63. The predicted octanol–water partition coefficient (Wildman–Crippen LogP) is 3.60. The van der Waals surface area contributed by atoms with E-state index in [1.54, 1.807) is 24.4 Å². The van der Waals surface area contributed by atoms with E-state index >= 15 is 0 Å². The van der Waals surface area contributed by atoms with E-state index in [2.05, 4.69) is 20.7 Å². The van der Waals surface area contributed by atoms with Crippen molar-refractivity contribution in [3.05, 3.63) is 53.9 Å². The normalized spacial score (nSPS) is 19.4. The second-order valence-electron chi connectivity index (χ2n) is 7.18. The number of aromatic nitrogens is 3. The number of rotatable bonds is 5. The summed E-state index contributed by atoms with van der Waals surface area (Å²) in [6.07, 6.45) is 3.00. The van der Waals surface area contributed by atoms with Crippen LogP contribution >= 0.6 is 0 Å². The van der Waals surface area contributed by atoms with Crippen molar-refractivity contribution in [2.75, 3.05) is 10.6 Å². The summed E-state index contributed by atoms with van der Waals surface area (Å²) >= 11 is 0. The number of amides is 1. The summed E-state index contributed by atoms with van der Waals surface area (Å²) in [5.74, 6) is -0.157. The molecule has 1 fully saturated rings. The number of nitrogens with two attached hydrogens (primary N) is 1. The topological polar surface area (TPSA) is 97.3 Å². The van der Waals surface area contributed by atoms with Crippen LogP contribution in [-0.4, -0.2) is 32.6 Å². The van der Waals surface area contributed by atoms with Gasteiger partial charge in [-0.15, -0.1) is 5.10 Å². The third kappa shape index (κ3) is 4.04. The van der Waals surface area contributed by atoms with Gasteiger partial charge >= 0.3 is 0 Å². The maximum absolute atomic E-state index is 13.2. The molecule has 4 rings (SSSR count). The lowest BCUT2D eigenvalue weighted by molar-refractivity contribution is 0.101. The Morgan fingerprint density at radius 3 is 2.76 bits per heavy atom. The molecule has 2 heterocycles. The molecule has 0 spiro atoms. The molecule has 29 heavy (non-hydrogen) atoms. The Morgan fingerprint density at radius 1 is 1.17 bits per heavy atom. The van der Waals surface area contributed by atoms with Gasteiger partial charge in [0.15, 0.2) is 0 Å². The number of anilines is 2. The Labute approximate surface area is 166 Å². The quantitative estimate of drug-likeness (QED) is 0.608. The van der Waals surface area contributed by atoms with Gasteiger partial charge in [0.2, 0.25) is 5.95 Å². The van der Waals surface area contributed by atoms with E-state index in [0.29, 0.717) is 11.5 Å². The van der Waals surface area contributed by atoms with Gasteiger partial charge in [-0.25, -0.2) is 18.3 Å². The Bertz CT molecular complexity index is 1020. The first-order valence-corrected chi connectivity index (χ1v) is 9.58. The molecule has 0 radical (unpaired) electrons. The van der Waals surface area contributed by atoms with Gasteiger partial charge in [-0.1, -0.05) is 31.0 Å². The second-order valence-corrected chi connectivity index (χ2v) is 7.18. The van der Waals surface area contributed by atoms with Gasteiger partial charge in [0.05, 0.1) is 11.7 Å². The van der Waals surface area contributed by atoms with E-state index in [4.69, 9.17) is 5.73 Å². The van der Waals surface area contributed by atoms with Gasteiger partial charge in [0, 0.05) is 23.3 Å². The molecule has 1 amide bonds. The fourth-order valence-corrected chi connectivity index (χ4v) is 3.63. The number of carbonyl (C=O) groups is 1. The zero-order chi connectivity index (χ0) is 20.4. The first-order chi connectivity index (χ1) is 14.0. The summed E-state index contributed by atoms with van der Waals surface area (Å²) in [5.41, 5.74) is 6.86. The van der Waals surface area contributed by atoms with E-state index in [0.717, 1.165) is 25.7 Å². The lowest BCUT2D eigenvalue weighted by atomic mass is 9.91. The average molecular weight is 400 g/mol. The summed E-state index contributed by atoms with van der Waals surface area (Å²) in [6, 6.07) is 9.22. The zero-order valence-corrected chi connectivity index (χ0v) is 15.7. The molecule has 2 atom stereocenters. The van der Waals surface area contributed by atoms with Crippen LogP contribution in [0.25, 0.3) is 5.52 Å². The molecule has 0 bridgehead atoms. The molecule has 2 aromatic heterocycles. The number of benzene rings is 1. The molecule has 1 aliphatic rings. The van der Waals surface area contributed by atoms with E-state index in [1.807, 2.05) is 0 Å². The number of para-hydroxylation sites is 1. The van der Waals surface area contributed by atoms with Crippen LogP contribution in [0, 0.1) is 0 Å². The van der Waals surface area contributed by atoms with Gasteiger partial charge in [0.25, 0.3) is 12.3 Å². The van der Waals surface area contributed by atoms with Crippen LogP contribution in [0.3, 0.4) is 0 Å². The highest BCUT2D eigenvalue weighted by molar-refractivity contribution is 6.04. The van der Waals surface area contributed by atoms with Crippen LogP contribution in [0.2, 0.25) is 0 Å². The molecule has 1 aromatic carbocycles. The van der Waals surface area contributed by atoms with Crippen LogP contribution in [0.15, 0.2) is 42.6 Å². The average Bonchev–Trinajstić information content (AvgIpc) is 3.13. The van der Waals surface area contributed by atoms with E-state index < -0.39 is 12.3 Å². The number of alkyl halides is 2. The highest BCUT2D eigenvalue weighted by Crippen LogP contribution is 2.27. The minimum Gasteiger partial charge on any atom is -0.349 e. The molecule has 1 aliphatic carbocycles. The van der Waals surface area contributed by atoms with Crippen LogP contribution in [0.4, 0.5) is 20.4 Å². The highest BCUT2D eigenvalue weighted by atomic mass is 19.3. The van der Waals surface area contributed by atoms with Crippen molar-refractivity contribution >= 4 is 23.1 Å². The molecule has 152 valence electrons. The molecule has 0 unspecified atom stereocenters. The molecule has 4 N–H and O–H groups in total. The van der Waals surface area contributed by atoms with Crippen molar-refractivity contribution in [1.82, 2.24) is 14.6 Å². The summed E-state index contributed by atoms with van der Waals surface area (Å²) < 4.78 is 27.8. The summed E-state index contributed by atoms with van der Waals surface area (Å²) in [5, 5.41) is 10.2. The van der Waals surface area contributed by atoms with Gasteiger partial charge in [0.1, 0.15) is 5.69 Å². The van der Waals surface area contributed by atoms with Gasteiger partial charge in [-0.2, -0.15) is 0 Å². The number of nitrogens with zero attached hydrogens (tertiary/aromatic N) is 3. The van der Waals surface area contributed by atoms with Crippen molar-refractivity contribution in [2.45, 2.75) is 44.2 Å². The van der Waals surface area contributed by atoms with E-state index in [-0.39, 0.29) is 29.0 Å². The van der Waals surface area contributed by atoms with Crippen molar-refractivity contribution < 1.29 is 13.6 Å². The number of fused-ring (bicyclic) bond motifs is 1. The maximum atomic E-state index is 13.2. The minimum atomic E-state index is -2.69. The SMILES string of the molecule is N[C@H]1CCCC[C@H]1Nc1ncc2ccc(C(=O)Nc3ccccc3C(F)F)n2n1. The number of nitrogens with one attached hydrogen (secondary N) is 2. The lowest BCUT2D eigenvalue weighted by Gasteiger charge is -2.29. The van der Waals surface area contributed by atoms with Crippen LogP contribution in [0.5, 0.6) is 0 Å². The largest absolute Gasteiger partial charge is 0.349 e. The Hall–Kier alpha value is -3.07. The molecule has 0 aliphatic heterocycles. The highest BCUT2D eigenvalue weighted by Gasteiger charge is 2.23. The zero-order valence-electron chi connectivity index (χ0n) is 15.7.